The number of carbonyl (C=O) groups excluding carboxylic acids is 2. The number of nitrogens with one attached hydrogen (secondary N) is 2. The van der Waals surface area contributed by atoms with E-state index in [4.69, 9.17) is 10.5 Å². The summed E-state index contributed by atoms with van der Waals surface area (Å²) >= 11 is 0. The highest BCUT2D eigenvalue weighted by Crippen LogP contribution is 2.16. The van der Waals surface area contributed by atoms with Gasteiger partial charge in [-0.3, -0.25) is 14.9 Å². The van der Waals surface area contributed by atoms with Crippen LogP contribution in [0.5, 0.6) is 0 Å². The number of hydrogen-bond acceptors (Lipinski definition) is 6. The highest BCUT2D eigenvalue weighted by Gasteiger charge is 2.17. The van der Waals surface area contributed by atoms with Gasteiger partial charge >= 0.3 is 6.09 Å². The highest BCUT2D eigenvalue weighted by atomic mass is 16.6. The summed E-state index contributed by atoms with van der Waals surface area (Å²) < 4.78 is 6.60. The molecule has 0 bridgehead atoms. The van der Waals surface area contributed by atoms with Crippen molar-refractivity contribution in [3.63, 3.8) is 0 Å². The molecular formula is C29H39N5O4. The van der Waals surface area contributed by atoms with Crippen molar-refractivity contribution in [2.45, 2.75) is 73.6 Å². The van der Waals surface area contributed by atoms with Crippen molar-refractivity contribution >= 4 is 23.5 Å². The molecule has 0 spiro atoms. The van der Waals surface area contributed by atoms with Crippen molar-refractivity contribution in [1.29, 1.82) is 0 Å². The Bertz CT molecular complexity index is 1310. The molecule has 0 aliphatic heterocycles. The fourth-order valence-corrected chi connectivity index (χ4v) is 3.66. The van der Waals surface area contributed by atoms with Gasteiger partial charge in [-0.05, 0) is 69.9 Å². The second-order valence-electron chi connectivity index (χ2n) is 9.62. The fourth-order valence-electron chi connectivity index (χ4n) is 3.66. The second-order valence-corrected chi connectivity index (χ2v) is 9.62. The largest absolute Gasteiger partial charge is 0.444 e. The van der Waals surface area contributed by atoms with Gasteiger partial charge in [0.15, 0.2) is 0 Å². The Labute approximate surface area is 224 Å². The molecule has 0 saturated heterocycles. The topological polar surface area (TPSA) is 128 Å². The minimum absolute atomic E-state index is 0.144. The number of carbonyl (C=O) groups is 2. The van der Waals surface area contributed by atoms with E-state index in [1.54, 1.807) is 46.8 Å². The lowest BCUT2D eigenvalue weighted by Crippen LogP contribution is -2.34. The molecule has 2 heterocycles. The van der Waals surface area contributed by atoms with E-state index in [1.165, 1.54) is 4.57 Å². The zero-order chi connectivity index (χ0) is 28.5. The lowest BCUT2D eigenvalue weighted by atomic mass is 10.0. The Hall–Kier alpha value is -4.14. The van der Waals surface area contributed by atoms with Crippen molar-refractivity contribution in [3.05, 3.63) is 87.0 Å². The molecule has 9 heteroatoms. The Morgan fingerprint density at radius 1 is 1.03 bits per heavy atom. The molecule has 1 aromatic carbocycles. The van der Waals surface area contributed by atoms with Crippen molar-refractivity contribution in [1.82, 2.24) is 14.9 Å². The van der Waals surface area contributed by atoms with Crippen LogP contribution < -0.4 is 21.9 Å². The Morgan fingerprint density at radius 3 is 2.29 bits per heavy atom. The van der Waals surface area contributed by atoms with Crippen LogP contribution in [0.2, 0.25) is 0 Å². The van der Waals surface area contributed by atoms with E-state index in [2.05, 4.69) is 15.6 Å². The van der Waals surface area contributed by atoms with Crippen LogP contribution in [-0.4, -0.2) is 27.2 Å². The molecule has 2 aromatic heterocycles. The van der Waals surface area contributed by atoms with Crippen molar-refractivity contribution in [2.24, 2.45) is 0 Å². The van der Waals surface area contributed by atoms with E-state index in [0.29, 0.717) is 23.6 Å². The third-order valence-corrected chi connectivity index (χ3v) is 5.47. The number of nitrogens with zero attached hydrogens (tertiary/aromatic N) is 2. The smallest absolute Gasteiger partial charge is 0.413 e. The number of anilines is 2. The molecule has 0 radical (unpaired) electrons. The number of nitrogens with two attached hydrogens (primary N) is 1. The molecule has 0 saturated carbocycles. The number of nitrogen functional groups attached to an aromatic ring is 1. The monoisotopic (exact) mass is 521 g/mol. The molecule has 9 nitrogen and oxygen atoms in total. The first kappa shape index (κ1) is 30.1. The summed E-state index contributed by atoms with van der Waals surface area (Å²) in [5.41, 5.74) is 9.15. The molecule has 3 rings (SSSR count). The van der Waals surface area contributed by atoms with Crippen LogP contribution in [-0.2, 0) is 29.0 Å². The van der Waals surface area contributed by atoms with Crippen LogP contribution >= 0.6 is 0 Å². The molecule has 2 amide bonds. The van der Waals surface area contributed by atoms with Crippen LogP contribution in [0.15, 0.2) is 53.3 Å². The van der Waals surface area contributed by atoms with Gasteiger partial charge in [0.25, 0.3) is 5.56 Å². The SMILES string of the molecule is CC.Cc1nc(NC(=O)OC(C)(C)C)ccc1CNC(=O)Cn1c(C)cc(Cc2ccccc2)c(N)c1=O. The summed E-state index contributed by atoms with van der Waals surface area (Å²) in [7, 11) is 0. The predicted molar refractivity (Wildman–Crippen MR) is 151 cm³/mol. The van der Waals surface area contributed by atoms with Gasteiger partial charge in [0.1, 0.15) is 23.7 Å². The maximum atomic E-state index is 12.9. The average Bonchev–Trinajstić information content (AvgIpc) is 2.85. The van der Waals surface area contributed by atoms with Gasteiger partial charge in [-0.15, -0.1) is 0 Å². The molecule has 0 atom stereocenters. The maximum absolute atomic E-state index is 12.9. The van der Waals surface area contributed by atoms with Crippen LogP contribution in [0.3, 0.4) is 0 Å². The van der Waals surface area contributed by atoms with Crippen molar-refractivity contribution < 1.29 is 14.3 Å². The van der Waals surface area contributed by atoms with E-state index in [0.717, 1.165) is 16.7 Å². The first-order chi connectivity index (χ1) is 17.9. The van der Waals surface area contributed by atoms with E-state index in [1.807, 2.05) is 50.2 Å². The molecule has 204 valence electrons. The molecule has 0 unspecified atom stereocenters. The summed E-state index contributed by atoms with van der Waals surface area (Å²) in [6.07, 6.45) is -0.0498. The second kappa shape index (κ2) is 13.4. The van der Waals surface area contributed by atoms with E-state index < -0.39 is 11.7 Å². The number of aryl methyl sites for hydroxylation is 2. The third kappa shape index (κ3) is 8.76. The molecule has 0 aliphatic rings. The van der Waals surface area contributed by atoms with Gasteiger partial charge in [-0.2, -0.15) is 0 Å². The Kier molecular flexibility index (Phi) is 10.6. The van der Waals surface area contributed by atoms with Crippen molar-refractivity contribution in [2.75, 3.05) is 11.1 Å². The van der Waals surface area contributed by atoms with E-state index in [-0.39, 0.29) is 30.2 Å². The van der Waals surface area contributed by atoms with E-state index in [9.17, 15) is 14.4 Å². The number of hydrogen-bond donors (Lipinski definition) is 3. The minimum Gasteiger partial charge on any atom is -0.444 e. The van der Waals surface area contributed by atoms with Crippen LogP contribution in [0.25, 0.3) is 0 Å². The third-order valence-electron chi connectivity index (χ3n) is 5.47. The standard InChI is InChI=1S/C27H33N5O4.C2H6/c1-17-13-21(14-19-9-7-6-8-10-19)24(28)25(34)32(17)16-23(33)29-15-20-11-12-22(30-18(20)2)31-26(35)36-27(3,4)5;1-2/h6-13H,14-16,28H2,1-5H3,(H,29,33)(H,30,31,35);1-2H3. The Morgan fingerprint density at radius 2 is 1.68 bits per heavy atom. The molecule has 3 aromatic rings. The quantitative estimate of drug-likeness (QED) is 0.413. The highest BCUT2D eigenvalue weighted by molar-refractivity contribution is 5.83. The van der Waals surface area contributed by atoms with Gasteiger partial charge in [0, 0.05) is 17.9 Å². The minimum atomic E-state index is -0.615. The van der Waals surface area contributed by atoms with Crippen LogP contribution in [0, 0.1) is 13.8 Å². The van der Waals surface area contributed by atoms with Crippen LogP contribution in [0.1, 0.15) is 62.7 Å². The average molecular weight is 522 g/mol. The lowest BCUT2D eigenvalue weighted by molar-refractivity contribution is -0.121. The molecule has 4 N–H and O–H groups in total. The van der Waals surface area contributed by atoms with Gasteiger partial charge in [0.05, 0.1) is 0 Å². The number of pyridine rings is 2. The van der Waals surface area contributed by atoms with E-state index >= 15 is 0 Å². The summed E-state index contributed by atoms with van der Waals surface area (Å²) in [6, 6.07) is 15.0. The molecule has 0 aliphatic carbocycles. The summed E-state index contributed by atoms with van der Waals surface area (Å²) in [5.74, 6) is 0.0239. The maximum Gasteiger partial charge on any atom is 0.413 e. The number of ether oxygens (including phenoxy) is 1. The normalized spacial score (nSPS) is 10.7. The number of rotatable bonds is 7. The lowest BCUT2D eigenvalue weighted by Gasteiger charge is -2.19. The molecular weight excluding hydrogens is 482 g/mol. The fraction of sp³-hybridized carbons (Fsp3) is 0.379. The first-order valence-electron chi connectivity index (χ1n) is 12.7. The Balaban J connectivity index is 0.00000247. The van der Waals surface area contributed by atoms with Crippen LogP contribution in [0.4, 0.5) is 16.3 Å². The summed E-state index contributed by atoms with van der Waals surface area (Å²) in [6.45, 7) is 13.0. The number of aromatic nitrogens is 2. The van der Waals surface area contributed by atoms with Gasteiger partial charge < -0.3 is 20.4 Å². The zero-order valence-corrected chi connectivity index (χ0v) is 23.3. The molecule has 38 heavy (non-hydrogen) atoms. The van der Waals surface area contributed by atoms with Gasteiger partial charge in [0.2, 0.25) is 5.91 Å². The van der Waals surface area contributed by atoms with Gasteiger partial charge in [-0.1, -0.05) is 50.2 Å². The van der Waals surface area contributed by atoms with Gasteiger partial charge in [-0.25, -0.2) is 9.78 Å². The zero-order valence-electron chi connectivity index (χ0n) is 23.3. The van der Waals surface area contributed by atoms with Crippen molar-refractivity contribution in [3.8, 4) is 0 Å². The number of amides is 2. The molecule has 0 fully saturated rings. The first-order valence-corrected chi connectivity index (χ1v) is 12.7. The summed E-state index contributed by atoms with van der Waals surface area (Å²) in [5, 5.41) is 5.41. The summed E-state index contributed by atoms with van der Waals surface area (Å²) in [4.78, 5) is 41.8. The number of benzene rings is 1. The predicted octanol–water partition coefficient (Wildman–Crippen LogP) is 4.72.